The molecular weight excluding hydrogens is 158 g/mol. The van der Waals surface area contributed by atoms with Gasteiger partial charge in [0.15, 0.2) is 0 Å². The summed E-state index contributed by atoms with van der Waals surface area (Å²) < 4.78 is 0. The number of rotatable bonds is 3. The van der Waals surface area contributed by atoms with Gasteiger partial charge in [-0.05, 0) is 43.2 Å². The van der Waals surface area contributed by atoms with Gasteiger partial charge in [-0.15, -0.1) is 0 Å². The molecule has 1 nitrogen and oxygen atoms in total. The van der Waals surface area contributed by atoms with Gasteiger partial charge in [-0.25, -0.2) is 0 Å². The Morgan fingerprint density at radius 2 is 1.77 bits per heavy atom. The van der Waals surface area contributed by atoms with Crippen molar-refractivity contribution in [3.05, 3.63) is 0 Å². The zero-order valence-corrected chi connectivity index (χ0v) is 9.74. The summed E-state index contributed by atoms with van der Waals surface area (Å²) in [6, 6.07) is 0. The third kappa shape index (κ3) is 2.25. The van der Waals surface area contributed by atoms with Gasteiger partial charge in [0.05, 0.1) is 0 Å². The summed E-state index contributed by atoms with van der Waals surface area (Å²) in [6.07, 6.45) is 5.37. The second-order valence-corrected chi connectivity index (χ2v) is 5.44. The van der Waals surface area contributed by atoms with E-state index in [1.54, 1.807) is 0 Å². The lowest BCUT2D eigenvalue weighted by atomic mass is 9.60. The minimum atomic E-state index is 0.518. The fourth-order valence-electron chi connectivity index (χ4n) is 2.58. The monoisotopic (exact) mass is 183 g/mol. The molecular formula is C12H25N. The normalized spacial score (nSPS) is 23.1. The van der Waals surface area contributed by atoms with Crippen LogP contribution in [0.25, 0.3) is 0 Å². The topological polar surface area (TPSA) is 12.0 Å². The van der Waals surface area contributed by atoms with E-state index in [9.17, 15) is 0 Å². The maximum atomic E-state index is 3.45. The summed E-state index contributed by atoms with van der Waals surface area (Å²) in [5.74, 6) is 0. The molecule has 78 valence electrons. The summed E-state index contributed by atoms with van der Waals surface area (Å²) in [4.78, 5) is 0. The number of hydrogen-bond donors (Lipinski definition) is 1. The fraction of sp³-hybridized carbons (Fsp3) is 1.00. The van der Waals surface area contributed by atoms with Crippen molar-refractivity contribution < 1.29 is 0 Å². The molecule has 0 saturated carbocycles. The minimum Gasteiger partial charge on any atom is -0.317 e. The third-order valence-corrected chi connectivity index (χ3v) is 4.22. The van der Waals surface area contributed by atoms with Crippen molar-refractivity contribution in [3.8, 4) is 0 Å². The van der Waals surface area contributed by atoms with Crippen molar-refractivity contribution in [2.75, 3.05) is 13.1 Å². The van der Waals surface area contributed by atoms with Crippen molar-refractivity contribution >= 4 is 0 Å². The highest BCUT2D eigenvalue weighted by atomic mass is 14.9. The number of nitrogens with one attached hydrogen (secondary N) is 1. The first-order valence-corrected chi connectivity index (χ1v) is 5.72. The van der Waals surface area contributed by atoms with E-state index >= 15 is 0 Å². The zero-order valence-electron chi connectivity index (χ0n) is 9.74. The van der Waals surface area contributed by atoms with Crippen LogP contribution in [0.5, 0.6) is 0 Å². The van der Waals surface area contributed by atoms with Crippen LogP contribution in [0, 0.1) is 10.8 Å². The summed E-state index contributed by atoms with van der Waals surface area (Å²) in [6.45, 7) is 12.1. The molecule has 0 atom stereocenters. The van der Waals surface area contributed by atoms with Gasteiger partial charge in [0.25, 0.3) is 0 Å². The molecule has 0 unspecified atom stereocenters. The summed E-state index contributed by atoms with van der Waals surface area (Å²) in [7, 11) is 0. The maximum absolute atomic E-state index is 3.45. The second-order valence-electron chi connectivity index (χ2n) is 5.44. The molecule has 0 spiro atoms. The van der Waals surface area contributed by atoms with Gasteiger partial charge in [-0.2, -0.15) is 0 Å². The molecule has 0 bridgehead atoms. The van der Waals surface area contributed by atoms with Crippen molar-refractivity contribution in [3.63, 3.8) is 0 Å². The van der Waals surface area contributed by atoms with Gasteiger partial charge in [-0.3, -0.25) is 0 Å². The molecule has 0 radical (unpaired) electrons. The molecule has 0 aromatic carbocycles. The van der Waals surface area contributed by atoms with Crippen LogP contribution in [0.4, 0.5) is 0 Å². The summed E-state index contributed by atoms with van der Waals surface area (Å²) in [5.41, 5.74) is 1.08. The molecule has 0 aromatic rings. The van der Waals surface area contributed by atoms with Crippen LogP contribution in [0.1, 0.15) is 53.4 Å². The van der Waals surface area contributed by atoms with E-state index < -0.39 is 0 Å². The quantitative estimate of drug-likeness (QED) is 0.708. The predicted molar refractivity (Wildman–Crippen MR) is 58.9 cm³/mol. The Hall–Kier alpha value is -0.0400. The molecule has 1 rings (SSSR count). The van der Waals surface area contributed by atoms with Gasteiger partial charge < -0.3 is 5.32 Å². The van der Waals surface area contributed by atoms with E-state index in [4.69, 9.17) is 0 Å². The largest absolute Gasteiger partial charge is 0.317 e. The van der Waals surface area contributed by atoms with Crippen molar-refractivity contribution in [2.45, 2.75) is 53.4 Å². The van der Waals surface area contributed by atoms with Crippen LogP contribution in [0.2, 0.25) is 0 Å². The zero-order chi connectivity index (χ0) is 9.95. The van der Waals surface area contributed by atoms with Crippen molar-refractivity contribution in [2.24, 2.45) is 10.8 Å². The first kappa shape index (κ1) is 11.0. The smallest absolute Gasteiger partial charge is 0.00435 e. The van der Waals surface area contributed by atoms with Gasteiger partial charge in [0.2, 0.25) is 0 Å². The molecule has 0 aromatic heterocycles. The van der Waals surface area contributed by atoms with Gasteiger partial charge in [-0.1, -0.05) is 34.1 Å². The fourth-order valence-corrected chi connectivity index (χ4v) is 2.58. The van der Waals surface area contributed by atoms with E-state index in [0.717, 1.165) is 0 Å². The number of piperidine rings is 1. The SMILES string of the molecule is CCCC(C)(C)C1(C)CCNCC1. The molecule has 1 N–H and O–H groups in total. The Labute approximate surface area is 83.3 Å². The van der Waals surface area contributed by atoms with Crippen LogP contribution >= 0.6 is 0 Å². The molecule has 1 heterocycles. The molecule has 1 heteroatoms. The number of hydrogen-bond acceptors (Lipinski definition) is 1. The van der Waals surface area contributed by atoms with Gasteiger partial charge in [0.1, 0.15) is 0 Å². The third-order valence-electron chi connectivity index (χ3n) is 4.22. The van der Waals surface area contributed by atoms with Crippen LogP contribution in [0.15, 0.2) is 0 Å². The molecule has 1 fully saturated rings. The lowest BCUT2D eigenvalue weighted by Crippen LogP contribution is -2.44. The molecule has 0 amide bonds. The van der Waals surface area contributed by atoms with E-state index in [1.807, 2.05) is 0 Å². The standard InChI is InChI=1S/C12H25N/c1-5-6-11(2,3)12(4)7-9-13-10-8-12/h13H,5-10H2,1-4H3. The van der Waals surface area contributed by atoms with Crippen LogP contribution < -0.4 is 5.32 Å². The van der Waals surface area contributed by atoms with E-state index in [2.05, 4.69) is 33.0 Å². The lowest BCUT2D eigenvalue weighted by Gasteiger charge is -2.47. The lowest BCUT2D eigenvalue weighted by molar-refractivity contribution is 0.0426. The average molecular weight is 183 g/mol. The Bertz CT molecular complexity index is 155. The van der Waals surface area contributed by atoms with E-state index in [-0.39, 0.29) is 0 Å². The Morgan fingerprint density at radius 1 is 1.23 bits per heavy atom. The average Bonchev–Trinajstić information content (AvgIpc) is 2.05. The predicted octanol–water partition coefficient (Wildman–Crippen LogP) is 3.20. The molecule has 13 heavy (non-hydrogen) atoms. The van der Waals surface area contributed by atoms with Crippen molar-refractivity contribution in [1.29, 1.82) is 0 Å². The van der Waals surface area contributed by atoms with Crippen LogP contribution in [0.3, 0.4) is 0 Å². The van der Waals surface area contributed by atoms with Crippen LogP contribution in [-0.2, 0) is 0 Å². The van der Waals surface area contributed by atoms with Crippen molar-refractivity contribution in [1.82, 2.24) is 5.32 Å². The van der Waals surface area contributed by atoms with Gasteiger partial charge in [0, 0.05) is 0 Å². The van der Waals surface area contributed by atoms with E-state index in [0.29, 0.717) is 10.8 Å². The molecule has 1 aliphatic rings. The molecule has 0 aliphatic carbocycles. The Kier molecular flexibility index (Phi) is 3.39. The van der Waals surface area contributed by atoms with Crippen LogP contribution in [-0.4, -0.2) is 13.1 Å². The van der Waals surface area contributed by atoms with E-state index in [1.165, 1.54) is 38.8 Å². The molecule has 1 saturated heterocycles. The molecule has 1 aliphatic heterocycles. The Balaban J connectivity index is 2.64. The maximum Gasteiger partial charge on any atom is -0.00435 e. The summed E-state index contributed by atoms with van der Waals surface area (Å²) >= 11 is 0. The second kappa shape index (κ2) is 4.00. The Morgan fingerprint density at radius 3 is 2.23 bits per heavy atom. The highest BCUT2D eigenvalue weighted by molar-refractivity contribution is 4.92. The first-order valence-electron chi connectivity index (χ1n) is 5.72. The highest BCUT2D eigenvalue weighted by Crippen LogP contribution is 2.48. The summed E-state index contributed by atoms with van der Waals surface area (Å²) in [5, 5.41) is 3.45. The first-order chi connectivity index (χ1) is 6.02. The van der Waals surface area contributed by atoms with Gasteiger partial charge >= 0.3 is 0 Å². The minimum absolute atomic E-state index is 0.518. The highest BCUT2D eigenvalue weighted by Gasteiger charge is 2.40.